The Labute approximate surface area is 181 Å². The highest BCUT2D eigenvalue weighted by Crippen LogP contribution is 2.25. The van der Waals surface area contributed by atoms with E-state index in [9.17, 15) is 18.0 Å². The van der Waals surface area contributed by atoms with Crippen LogP contribution >= 0.6 is 11.6 Å². The number of halogens is 1. The highest BCUT2D eigenvalue weighted by atomic mass is 35.5. The molecule has 9 heteroatoms. The molecule has 2 aromatic carbocycles. The van der Waals surface area contributed by atoms with Gasteiger partial charge in [0.05, 0.1) is 15.5 Å². The van der Waals surface area contributed by atoms with Crippen LogP contribution in [0, 0.1) is 6.92 Å². The minimum absolute atomic E-state index is 0.0345. The second kappa shape index (κ2) is 9.06. The summed E-state index contributed by atoms with van der Waals surface area (Å²) in [5.74, 6) is -0.421. The van der Waals surface area contributed by atoms with Gasteiger partial charge in [0.2, 0.25) is 5.91 Å². The van der Waals surface area contributed by atoms with Crippen LogP contribution in [0.25, 0.3) is 0 Å². The average molecular weight is 450 g/mol. The van der Waals surface area contributed by atoms with Crippen LogP contribution in [0.2, 0.25) is 5.02 Å². The van der Waals surface area contributed by atoms with Crippen LogP contribution < -0.4 is 10.0 Å². The third kappa shape index (κ3) is 5.31. The molecule has 0 aliphatic carbocycles. The third-order valence-corrected chi connectivity index (χ3v) is 6.65. The van der Waals surface area contributed by atoms with Crippen molar-refractivity contribution in [2.45, 2.75) is 37.6 Å². The van der Waals surface area contributed by atoms with Crippen LogP contribution in [-0.4, -0.2) is 44.3 Å². The van der Waals surface area contributed by atoms with Gasteiger partial charge in [0, 0.05) is 31.7 Å². The van der Waals surface area contributed by atoms with Crippen molar-refractivity contribution in [3.8, 4) is 0 Å². The summed E-state index contributed by atoms with van der Waals surface area (Å²) in [5.41, 5.74) is 1.50. The second-order valence-electron chi connectivity index (χ2n) is 7.38. The molecule has 1 fully saturated rings. The Morgan fingerprint density at radius 2 is 1.80 bits per heavy atom. The first-order valence-corrected chi connectivity index (χ1v) is 11.5. The zero-order valence-corrected chi connectivity index (χ0v) is 18.4. The Hall–Kier alpha value is -2.58. The Balaban J connectivity index is 1.78. The number of hydrogen-bond acceptors (Lipinski definition) is 4. The van der Waals surface area contributed by atoms with Crippen molar-refractivity contribution in [2.24, 2.45) is 0 Å². The van der Waals surface area contributed by atoms with Gasteiger partial charge in [0.15, 0.2) is 0 Å². The largest absolute Gasteiger partial charge is 0.353 e. The summed E-state index contributed by atoms with van der Waals surface area (Å²) in [5, 5.41) is 3.05. The number of piperidine rings is 1. The number of nitrogens with zero attached hydrogens (tertiary/aromatic N) is 1. The maximum absolute atomic E-state index is 13.0. The standard InChI is InChI=1S/C21H24ClN3O4S/c1-14-4-3-5-17(12-14)24-30(28,29)18-6-7-20(22)19(13-18)21(27)25-10-8-16(9-11-25)23-15(2)26/h3-7,12-13,16,24H,8-11H2,1-2H3,(H,23,26). The van der Waals surface area contributed by atoms with Crippen molar-refractivity contribution in [1.29, 1.82) is 0 Å². The second-order valence-corrected chi connectivity index (χ2v) is 9.47. The summed E-state index contributed by atoms with van der Waals surface area (Å²) in [6.07, 6.45) is 1.27. The van der Waals surface area contributed by atoms with Gasteiger partial charge in [-0.15, -0.1) is 0 Å². The van der Waals surface area contributed by atoms with Crippen LogP contribution in [0.3, 0.4) is 0 Å². The average Bonchev–Trinajstić information content (AvgIpc) is 2.67. The Morgan fingerprint density at radius 3 is 2.43 bits per heavy atom. The first kappa shape index (κ1) is 22.1. The van der Waals surface area contributed by atoms with Crippen LogP contribution in [0.1, 0.15) is 35.7 Å². The molecule has 160 valence electrons. The number of carbonyl (C=O) groups is 2. The van der Waals surface area contributed by atoms with Gasteiger partial charge in [-0.05, 0) is 55.7 Å². The van der Waals surface area contributed by atoms with E-state index < -0.39 is 10.0 Å². The van der Waals surface area contributed by atoms with Gasteiger partial charge in [-0.2, -0.15) is 0 Å². The van der Waals surface area contributed by atoms with Crippen molar-refractivity contribution >= 4 is 39.1 Å². The van der Waals surface area contributed by atoms with E-state index in [0.717, 1.165) is 5.56 Å². The molecule has 7 nitrogen and oxygen atoms in total. The number of aryl methyl sites for hydroxylation is 1. The molecule has 1 saturated heterocycles. The lowest BCUT2D eigenvalue weighted by Crippen LogP contribution is -2.46. The number of amides is 2. The van der Waals surface area contributed by atoms with Crippen molar-refractivity contribution in [3.05, 3.63) is 58.6 Å². The number of likely N-dealkylation sites (tertiary alicyclic amines) is 1. The minimum atomic E-state index is -3.88. The molecule has 0 bridgehead atoms. The van der Waals surface area contributed by atoms with E-state index in [1.54, 1.807) is 23.1 Å². The molecule has 0 atom stereocenters. The Bertz CT molecular complexity index is 1060. The monoisotopic (exact) mass is 449 g/mol. The topological polar surface area (TPSA) is 95.6 Å². The van der Waals surface area contributed by atoms with E-state index >= 15 is 0 Å². The number of benzene rings is 2. The predicted octanol–water partition coefficient (Wildman–Crippen LogP) is 3.19. The van der Waals surface area contributed by atoms with E-state index in [-0.39, 0.29) is 33.3 Å². The summed E-state index contributed by atoms with van der Waals surface area (Å²) in [7, 11) is -3.88. The minimum Gasteiger partial charge on any atom is -0.353 e. The molecule has 2 aromatic rings. The van der Waals surface area contributed by atoms with E-state index in [1.807, 2.05) is 13.0 Å². The summed E-state index contributed by atoms with van der Waals surface area (Å²) in [6.45, 7) is 4.25. The van der Waals surface area contributed by atoms with Gasteiger partial charge in [0.25, 0.3) is 15.9 Å². The molecule has 0 aromatic heterocycles. The maximum atomic E-state index is 13.0. The van der Waals surface area contributed by atoms with Crippen molar-refractivity contribution in [1.82, 2.24) is 10.2 Å². The fourth-order valence-electron chi connectivity index (χ4n) is 3.44. The van der Waals surface area contributed by atoms with Gasteiger partial charge >= 0.3 is 0 Å². The third-order valence-electron chi connectivity index (χ3n) is 4.94. The molecular formula is C21H24ClN3O4S. The molecule has 30 heavy (non-hydrogen) atoms. The van der Waals surface area contributed by atoms with Crippen LogP contribution in [0.4, 0.5) is 5.69 Å². The fraction of sp³-hybridized carbons (Fsp3) is 0.333. The van der Waals surface area contributed by atoms with Crippen molar-refractivity contribution in [2.75, 3.05) is 17.8 Å². The Morgan fingerprint density at radius 1 is 1.10 bits per heavy atom. The molecule has 3 rings (SSSR count). The zero-order chi connectivity index (χ0) is 21.9. The van der Waals surface area contributed by atoms with Gasteiger partial charge in [-0.3, -0.25) is 14.3 Å². The lowest BCUT2D eigenvalue weighted by Gasteiger charge is -2.32. The highest BCUT2D eigenvalue weighted by Gasteiger charge is 2.26. The lowest BCUT2D eigenvalue weighted by atomic mass is 10.0. The molecule has 0 saturated carbocycles. The molecule has 1 heterocycles. The number of nitrogens with one attached hydrogen (secondary N) is 2. The van der Waals surface area contributed by atoms with Crippen molar-refractivity contribution in [3.63, 3.8) is 0 Å². The van der Waals surface area contributed by atoms with E-state index in [2.05, 4.69) is 10.0 Å². The Kier molecular flexibility index (Phi) is 6.67. The predicted molar refractivity (Wildman–Crippen MR) is 116 cm³/mol. The first-order chi connectivity index (χ1) is 14.2. The molecule has 0 radical (unpaired) electrons. The number of carbonyl (C=O) groups excluding carboxylic acids is 2. The van der Waals surface area contributed by atoms with E-state index in [1.165, 1.54) is 25.1 Å². The number of sulfonamides is 1. The molecule has 0 unspecified atom stereocenters. The molecular weight excluding hydrogens is 426 g/mol. The highest BCUT2D eigenvalue weighted by molar-refractivity contribution is 7.92. The lowest BCUT2D eigenvalue weighted by molar-refractivity contribution is -0.119. The van der Waals surface area contributed by atoms with Gasteiger partial charge in [-0.25, -0.2) is 8.42 Å². The smallest absolute Gasteiger partial charge is 0.261 e. The molecule has 2 amide bonds. The fourth-order valence-corrected chi connectivity index (χ4v) is 4.72. The number of hydrogen-bond donors (Lipinski definition) is 2. The summed E-state index contributed by atoms with van der Waals surface area (Å²) < 4.78 is 28.1. The van der Waals surface area contributed by atoms with Crippen LogP contribution in [0.5, 0.6) is 0 Å². The molecule has 0 spiro atoms. The summed E-state index contributed by atoms with van der Waals surface area (Å²) in [6, 6.07) is 11.1. The van der Waals surface area contributed by atoms with Gasteiger partial charge in [0.1, 0.15) is 0 Å². The summed E-state index contributed by atoms with van der Waals surface area (Å²) in [4.78, 5) is 25.8. The number of anilines is 1. The zero-order valence-electron chi connectivity index (χ0n) is 16.8. The van der Waals surface area contributed by atoms with E-state index in [0.29, 0.717) is 31.6 Å². The quantitative estimate of drug-likeness (QED) is 0.732. The van der Waals surface area contributed by atoms with Crippen LogP contribution in [0.15, 0.2) is 47.4 Å². The maximum Gasteiger partial charge on any atom is 0.261 e. The molecule has 1 aliphatic rings. The normalized spacial score (nSPS) is 15.0. The van der Waals surface area contributed by atoms with Gasteiger partial charge in [-0.1, -0.05) is 23.7 Å². The number of rotatable bonds is 5. The summed E-state index contributed by atoms with van der Waals surface area (Å²) >= 11 is 6.22. The molecule has 2 N–H and O–H groups in total. The van der Waals surface area contributed by atoms with Gasteiger partial charge < -0.3 is 10.2 Å². The SMILES string of the molecule is CC(=O)NC1CCN(C(=O)c2cc(S(=O)(=O)Nc3cccc(C)c3)ccc2Cl)CC1. The van der Waals surface area contributed by atoms with Crippen molar-refractivity contribution < 1.29 is 18.0 Å². The van der Waals surface area contributed by atoms with Crippen LogP contribution in [-0.2, 0) is 14.8 Å². The molecule has 1 aliphatic heterocycles. The first-order valence-electron chi connectivity index (χ1n) is 9.61. The van der Waals surface area contributed by atoms with E-state index in [4.69, 9.17) is 11.6 Å².